The second-order valence-corrected chi connectivity index (χ2v) is 6.96. The highest BCUT2D eigenvalue weighted by atomic mass is 19.1. The Hall–Kier alpha value is -3.86. The highest BCUT2D eigenvalue weighted by Crippen LogP contribution is 2.34. The van der Waals surface area contributed by atoms with Gasteiger partial charge in [0.2, 0.25) is 0 Å². The molecule has 1 aromatic heterocycles. The van der Waals surface area contributed by atoms with Gasteiger partial charge in [0.15, 0.2) is 0 Å². The number of carboxylic acid groups (broad SMARTS) is 1. The number of aryl methyl sites for hydroxylation is 1. The summed E-state index contributed by atoms with van der Waals surface area (Å²) in [5, 5.41) is 9.35. The van der Waals surface area contributed by atoms with E-state index in [2.05, 4.69) is 0 Å². The van der Waals surface area contributed by atoms with Crippen molar-refractivity contribution in [2.45, 2.75) is 13.5 Å². The first kappa shape index (κ1) is 19.5. The fourth-order valence-corrected chi connectivity index (χ4v) is 3.42. The van der Waals surface area contributed by atoms with Gasteiger partial charge in [-0.2, -0.15) is 0 Å². The summed E-state index contributed by atoms with van der Waals surface area (Å²) in [5.74, 6) is -0.558. The maximum Gasteiger partial charge on any atom is 0.335 e. The van der Waals surface area contributed by atoms with E-state index < -0.39 is 5.97 Å². The average Bonchev–Trinajstić information content (AvgIpc) is 3.15. The van der Waals surface area contributed by atoms with Crippen LogP contribution in [-0.4, -0.2) is 15.6 Å². The van der Waals surface area contributed by atoms with Crippen molar-refractivity contribution in [3.05, 3.63) is 108 Å². The van der Waals surface area contributed by atoms with Gasteiger partial charge in [0, 0.05) is 16.9 Å². The molecule has 1 N–H and O–H groups in total. The van der Waals surface area contributed by atoms with Gasteiger partial charge in [0.25, 0.3) is 0 Å². The Balaban J connectivity index is 1.71. The summed E-state index contributed by atoms with van der Waals surface area (Å²) in [4.78, 5) is 11.4. The number of hydrogen-bond donors (Lipinski definition) is 1. The zero-order valence-corrected chi connectivity index (χ0v) is 16.4. The third kappa shape index (κ3) is 3.96. The lowest BCUT2D eigenvalue weighted by molar-refractivity contribution is 0.0697. The van der Waals surface area contributed by atoms with Crippen molar-refractivity contribution in [1.82, 2.24) is 4.57 Å². The van der Waals surface area contributed by atoms with E-state index in [1.807, 2.05) is 54.0 Å². The molecule has 0 aliphatic carbocycles. The monoisotopic (exact) mass is 401 g/mol. The van der Waals surface area contributed by atoms with E-state index in [9.17, 15) is 14.3 Å². The predicted octanol–water partition coefficient (Wildman–Crippen LogP) is 5.87. The van der Waals surface area contributed by atoms with Gasteiger partial charge < -0.3 is 14.4 Å². The Morgan fingerprint density at radius 2 is 1.73 bits per heavy atom. The molecule has 0 saturated carbocycles. The molecular weight excluding hydrogens is 381 g/mol. The van der Waals surface area contributed by atoms with E-state index in [0.29, 0.717) is 12.4 Å². The lowest BCUT2D eigenvalue weighted by Gasteiger charge is -2.16. The molecule has 4 rings (SSSR count). The Kier molecular flexibility index (Phi) is 5.35. The maximum atomic E-state index is 13.1. The summed E-state index contributed by atoms with van der Waals surface area (Å²) in [6.07, 6.45) is 0. The molecule has 0 atom stereocenters. The molecule has 150 valence electrons. The van der Waals surface area contributed by atoms with E-state index in [4.69, 9.17) is 4.74 Å². The first-order valence-electron chi connectivity index (χ1n) is 9.51. The number of rotatable bonds is 6. The standard InChI is InChI=1S/C25H20FNO3/c1-17-9-14-23(27(17)21-6-4-5-19(15-21)25(28)29)22-7-2-3-8-24(22)30-16-18-10-12-20(26)13-11-18/h2-15H,16H2,1H3,(H,28,29). The average molecular weight is 401 g/mol. The van der Waals surface area contributed by atoms with E-state index in [-0.39, 0.29) is 11.4 Å². The molecular formula is C25H20FNO3. The number of benzene rings is 3. The SMILES string of the molecule is Cc1ccc(-c2ccccc2OCc2ccc(F)cc2)n1-c1cccc(C(=O)O)c1. The summed E-state index contributed by atoms with van der Waals surface area (Å²) >= 11 is 0. The van der Waals surface area contributed by atoms with Gasteiger partial charge in [-0.25, -0.2) is 9.18 Å². The van der Waals surface area contributed by atoms with Crippen LogP contribution in [0.1, 0.15) is 21.6 Å². The number of aromatic nitrogens is 1. The summed E-state index contributed by atoms with van der Waals surface area (Å²) in [5.41, 5.74) is 4.61. The number of nitrogens with zero attached hydrogens (tertiary/aromatic N) is 1. The van der Waals surface area contributed by atoms with Crippen LogP contribution in [0.5, 0.6) is 5.75 Å². The van der Waals surface area contributed by atoms with Crippen molar-refractivity contribution < 1.29 is 19.0 Å². The van der Waals surface area contributed by atoms with Crippen LogP contribution in [0, 0.1) is 12.7 Å². The fraction of sp³-hybridized carbons (Fsp3) is 0.0800. The minimum absolute atomic E-state index is 0.229. The minimum Gasteiger partial charge on any atom is -0.488 e. The summed E-state index contributed by atoms with van der Waals surface area (Å²) in [6.45, 7) is 2.28. The van der Waals surface area contributed by atoms with Gasteiger partial charge in [-0.3, -0.25) is 0 Å². The van der Waals surface area contributed by atoms with Gasteiger partial charge >= 0.3 is 5.97 Å². The highest BCUT2D eigenvalue weighted by molar-refractivity contribution is 5.88. The Morgan fingerprint density at radius 3 is 2.50 bits per heavy atom. The smallest absolute Gasteiger partial charge is 0.335 e. The first-order chi connectivity index (χ1) is 14.5. The molecule has 30 heavy (non-hydrogen) atoms. The molecule has 4 aromatic rings. The van der Waals surface area contributed by atoms with Crippen LogP contribution in [0.15, 0.2) is 84.9 Å². The lowest BCUT2D eigenvalue weighted by Crippen LogP contribution is -2.03. The van der Waals surface area contributed by atoms with E-state index in [0.717, 1.165) is 28.2 Å². The number of para-hydroxylation sites is 1. The van der Waals surface area contributed by atoms with E-state index >= 15 is 0 Å². The van der Waals surface area contributed by atoms with Crippen molar-refractivity contribution in [2.24, 2.45) is 0 Å². The van der Waals surface area contributed by atoms with Crippen LogP contribution >= 0.6 is 0 Å². The minimum atomic E-state index is -0.966. The molecule has 0 aliphatic heterocycles. The molecule has 3 aromatic carbocycles. The lowest BCUT2D eigenvalue weighted by atomic mass is 10.1. The number of halogens is 1. The van der Waals surface area contributed by atoms with Gasteiger partial charge in [0.05, 0.1) is 11.3 Å². The second kappa shape index (κ2) is 8.25. The molecule has 0 fully saturated rings. The molecule has 0 unspecified atom stereocenters. The largest absolute Gasteiger partial charge is 0.488 e. The highest BCUT2D eigenvalue weighted by Gasteiger charge is 2.15. The van der Waals surface area contributed by atoms with E-state index in [1.165, 1.54) is 12.1 Å². The summed E-state index contributed by atoms with van der Waals surface area (Å²) in [6, 6.07) is 24.7. The molecule has 0 amide bonds. The van der Waals surface area contributed by atoms with Crippen molar-refractivity contribution in [2.75, 3.05) is 0 Å². The van der Waals surface area contributed by atoms with Crippen molar-refractivity contribution in [1.29, 1.82) is 0 Å². The third-order valence-corrected chi connectivity index (χ3v) is 4.90. The van der Waals surface area contributed by atoms with Gasteiger partial charge in [0.1, 0.15) is 18.2 Å². The zero-order chi connectivity index (χ0) is 21.1. The number of hydrogen-bond acceptors (Lipinski definition) is 2. The maximum absolute atomic E-state index is 13.1. The first-order valence-corrected chi connectivity index (χ1v) is 9.51. The molecule has 0 saturated heterocycles. The van der Waals surface area contributed by atoms with Crippen LogP contribution in [-0.2, 0) is 6.61 Å². The number of aromatic carboxylic acids is 1. The van der Waals surface area contributed by atoms with Crippen molar-refractivity contribution >= 4 is 5.97 Å². The topological polar surface area (TPSA) is 51.5 Å². The summed E-state index contributed by atoms with van der Waals surface area (Å²) in [7, 11) is 0. The fourth-order valence-electron chi connectivity index (χ4n) is 3.42. The van der Waals surface area contributed by atoms with Crippen molar-refractivity contribution in [3.63, 3.8) is 0 Å². The normalized spacial score (nSPS) is 10.7. The Bertz CT molecular complexity index is 1200. The van der Waals surface area contributed by atoms with Gasteiger partial charge in [-0.05, 0) is 67.1 Å². The molecule has 0 bridgehead atoms. The van der Waals surface area contributed by atoms with Crippen LogP contribution in [0.4, 0.5) is 4.39 Å². The number of carbonyl (C=O) groups is 1. The van der Waals surface area contributed by atoms with Crippen LogP contribution in [0.25, 0.3) is 16.9 Å². The van der Waals surface area contributed by atoms with Gasteiger partial charge in [-0.15, -0.1) is 0 Å². The van der Waals surface area contributed by atoms with Gasteiger partial charge in [-0.1, -0.05) is 30.3 Å². The number of ether oxygens (including phenoxy) is 1. The van der Waals surface area contributed by atoms with Crippen molar-refractivity contribution in [3.8, 4) is 22.7 Å². The summed E-state index contributed by atoms with van der Waals surface area (Å²) < 4.78 is 21.2. The van der Waals surface area contributed by atoms with Crippen LogP contribution in [0.3, 0.4) is 0 Å². The molecule has 5 heteroatoms. The molecule has 1 heterocycles. The Labute approximate surface area is 173 Å². The van der Waals surface area contributed by atoms with E-state index in [1.54, 1.807) is 30.3 Å². The molecule has 4 nitrogen and oxygen atoms in total. The van der Waals surface area contributed by atoms with Crippen LogP contribution < -0.4 is 4.74 Å². The third-order valence-electron chi connectivity index (χ3n) is 4.90. The second-order valence-electron chi connectivity index (χ2n) is 6.96. The predicted molar refractivity (Wildman–Crippen MR) is 114 cm³/mol. The molecule has 0 spiro atoms. The Morgan fingerprint density at radius 1 is 0.967 bits per heavy atom. The van der Waals surface area contributed by atoms with Crippen LogP contribution in [0.2, 0.25) is 0 Å². The quantitative estimate of drug-likeness (QED) is 0.440. The molecule has 0 radical (unpaired) electrons. The zero-order valence-electron chi connectivity index (χ0n) is 16.4. The molecule has 0 aliphatic rings. The number of carboxylic acids is 1.